The smallest absolute Gasteiger partial charge is 0.226 e. The van der Waals surface area contributed by atoms with Crippen LogP contribution in [0.5, 0.6) is 0 Å². The molecule has 0 saturated carbocycles. The number of nitrogen functional groups attached to an aromatic ring is 1. The summed E-state index contributed by atoms with van der Waals surface area (Å²) in [6.07, 6.45) is 2.44. The lowest BCUT2D eigenvalue weighted by Crippen LogP contribution is -2.16. The van der Waals surface area contributed by atoms with Crippen LogP contribution in [0.4, 0.5) is 11.4 Å². The Morgan fingerprint density at radius 3 is 2.67 bits per heavy atom. The summed E-state index contributed by atoms with van der Waals surface area (Å²) >= 11 is 5.85. The number of rotatable bonds is 10. The SMILES string of the molecule is CCCCOCCOCCC(=O)Nc1cc(Cl)ccc1N. The summed E-state index contributed by atoms with van der Waals surface area (Å²) in [5.74, 6) is -0.157. The van der Waals surface area contributed by atoms with Crippen molar-refractivity contribution in [2.75, 3.05) is 37.5 Å². The predicted molar refractivity (Wildman–Crippen MR) is 85.7 cm³/mol. The number of hydrogen-bond donors (Lipinski definition) is 2. The summed E-state index contributed by atoms with van der Waals surface area (Å²) in [5, 5.41) is 3.24. The molecule has 0 radical (unpaired) electrons. The van der Waals surface area contributed by atoms with Crippen LogP contribution in [0.25, 0.3) is 0 Å². The molecular formula is C15H23ClN2O3. The highest BCUT2D eigenvalue weighted by Crippen LogP contribution is 2.22. The Balaban J connectivity index is 2.13. The van der Waals surface area contributed by atoms with Crippen LogP contribution in [0.2, 0.25) is 5.02 Å². The first-order valence-corrected chi connectivity index (χ1v) is 7.51. The van der Waals surface area contributed by atoms with E-state index in [1.165, 1.54) is 0 Å². The van der Waals surface area contributed by atoms with Crippen LogP contribution in [0.3, 0.4) is 0 Å². The summed E-state index contributed by atoms with van der Waals surface area (Å²) in [5.41, 5.74) is 6.76. The van der Waals surface area contributed by atoms with Gasteiger partial charge in [-0.3, -0.25) is 4.79 Å². The number of nitrogens with one attached hydrogen (secondary N) is 1. The van der Waals surface area contributed by atoms with E-state index in [2.05, 4.69) is 12.2 Å². The lowest BCUT2D eigenvalue weighted by atomic mass is 10.2. The zero-order valence-electron chi connectivity index (χ0n) is 12.4. The zero-order chi connectivity index (χ0) is 15.5. The van der Waals surface area contributed by atoms with E-state index < -0.39 is 0 Å². The van der Waals surface area contributed by atoms with Crippen molar-refractivity contribution >= 4 is 28.9 Å². The van der Waals surface area contributed by atoms with Crippen molar-refractivity contribution in [1.29, 1.82) is 0 Å². The molecule has 118 valence electrons. The second-order valence-electron chi connectivity index (χ2n) is 4.61. The topological polar surface area (TPSA) is 73.6 Å². The summed E-state index contributed by atoms with van der Waals surface area (Å²) in [7, 11) is 0. The average Bonchev–Trinajstić information content (AvgIpc) is 2.46. The summed E-state index contributed by atoms with van der Waals surface area (Å²) in [4.78, 5) is 11.7. The predicted octanol–water partition coefficient (Wildman–Crippen LogP) is 3.08. The van der Waals surface area contributed by atoms with Gasteiger partial charge < -0.3 is 20.5 Å². The number of unbranched alkanes of at least 4 members (excludes halogenated alkanes) is 1. The highest BCUT2D eigenvalue weighted by Gasteiger charge is 2.06. The van der Waals surface area contributed by atoms with Crippen molar-refractivity contribution in [1.82, 2.24) is 0 Å². The Bertz CT molecular complexity index is 441. The Kier molecular flexibility index (Phi) is 8.82. The fourth-order valence-corrected chi connectivity index (χ4v) is 1.75. The highest BCUT2D eigenvalue weighted by molar-refractivity contribution is 6.31. The van der Waals surface area contributed by atoms with Gasteiger partial charge in [0.2, 0.25) is 5.91 Å². The molecule has 21 heavy (non-hydrogen) atoms. The maximum absolute atomic E-state index is 11.7. The van der Waals surface area contributed by atoms with E-state index in [9.17, 15) is 4.79 Å². The van der Waals surface area contributed by atoms with Crippen LogP contribution in [0, 0.1) is 0 Å². The number of nitrogens with two attached hydrogens (primary N) is 1. The molecule has 0 aliphatic carbocycles. The quantitative estimate of drug-likeness (QED) is 0.514. The van der Waals surface area contributed by atoms with Gasteiger partial charge in [0.15, 0.2) is 0 Å². The van der Waals surface area contributed by atoms with Crippen LogP contribution < -0.4 is 11.1 Å². The first kappa shape index (κ1) is 17.8. The molecule has 0 aliphatic heterocycles. The fourth-order valence-electron chi connectivity index (χ4n) is 1.58. The number of carbonyl (C=O) groups excluding carboxylic acids is 1. The fraction of sp³-hybridized carbons (Fsp3) is 0.533. The van der Waals surface area contributed by atoms with E-state index in [0.29, 0.717) is 36.2 Å². The van der Waals surface area contributed by atoms with Crippen LogP contribution in [0.15, 0.2) is 18.2 Å². The molecule has 3 N–H and O–H groups in total. The first-order chi connectivity index (χ1) is 10.1. The van der Waals surface area contributed by atoms with Gasteiger partial charge in [-0.15, -0.1) is 0 Å². The molecule has 0 spiro atoms. The van der Waals surface area contributed by atoms with Crippen molar-refractivity contribution in [2.45, 2.75) is 26.2 Å². The van der Waals surface area contributed by atoms with E-state index in [1.54, 1.807) is 18.2 Å². The van der Waals surface area contributed by atoms with Crippen molar-refractivity contribution in [3.05, 3.63) is 23.2 Å². The van der Waals surface area contributed by atoms with Crippen LogP contribution in [0.1, 0.15) is 26.2 Å². The van der Waals surface area contributed by atoms with E-state index in [0.717, 1.165) is 19.4 Å². The second kappa shape index (κ2) is 10.4. The van der Waals surface area contributed by atoms with Gasteiger partial charge in [0.05, 0.1) is 37.6 Å². The molecule has 1 amide bonds. The third-order valence-electron chi connectivity index (χ3n) is 2.78. The zero-order valence-corrected chi connectivity index (χ0v) is 13.1. The minimum absolute atomic E-state index is 0.157. The minimum Gasteiger partial charge on any atom is -0.397 e. The van der Waals surface area contributed by atoms with E-state index in [1.807, 2.05) is 0 Å². The number of hydrogen-bond acceptors (Lipinski definition) is 4. The van der Waals surface area contributed by atoms with Crippen molar-refractivity contribution in [2.24, 2.45) is 0 Å². The third-order valence-corrected chi connectivity index (χ3v) is 3.01. The molecule has 1 aromatic carbocycles. The van der Waals surface area contributed by atoms with E-state index in [-0.39, 0.29) is 12.3 Å². The maximum Gasteiger partial charge on any atom is 0.226 e. The Morgan fingerprint density at radius 2 is 1.95 bits per heavy atom. The largest absolute Gasteiger partial charge is 0.397 e. The summed E-state index contributed by atoms with van der Waals surface area (Å²) in [6, 6.07) is 4.95. The Morgan fingerprint density at radius 1 is 1.24 bits per heavy atom. The first-order valence-electron chi connectivity index (χ1n) is 7.14. The number of anilines is 2. The van der Waals surface area contributed by atoms with Gasteiger partial charge in [0, 0.05) is 11.6 Å². The molecule has 0 unspecified atom stereocenters. The van der Waals surface area contributed by atoms with Gasteiger partial charge in [-0.1, -0.05) is 24.9 Å². The molecule has 1 rings (SSSR count). The van der Waals surface area contributed by atoms with Crippen LogP contribution in [-0.4, -0.2) is 32.3 Å². The second-order valence-corrected chi connectivity index (χ2v) is 5.04. The Labute approximate surface area is 130 Å². The van der Waals surface area contributed by atoms with Crippen LogP contribution >= 0.6 is 11.6 Å². The number of carbonyl (C=O) groups is 1. The van der Waals surface area contributed by atoms with Gasteiger partial charge in [-0.2, -0.15) is 0 Å². The number of amides is 1. The third kappa shape index (κ3) is 7.90. The lowest BCUT2D eigenvalue weighted by Gasteiger charge is -2.09. The standard InChI is InChI=1S/C15H23ClN2O3/c1-2-3-7-20-9-10-21-8-6-15(19)18-14-11-12(16)4-5-13(14)17/h4-5,11H,2-3,6-10,17H2,1H3,(H,18,19). The van der Waals surface area contributed by atoms with Gasteiger partial charge in [0.25, 0.3) is 0 Å². The number of halogens is 1. The summed E-state index contributed by atoms with van der Waals surface area (Å²) < 4.78 is 10.7. The minimum atomic E-state index is -0.157. The van der Waals surface area contributed by atoms with Gasteiger partial charge in [-0.25, -0.2) is 0 Å². The molecule has 6 heteroatoms. The maximum atomic E-state index is 11.7. The van der Waals surface area contributed by atoms with Crippen molar-refractivity contribution in [3.63, 3.8) is 0 Å². The molecule has 0 atom stereocenters. The molecule has 0 bridgehead atoms. The molecule has 0 heterocycles. The summed E-state index contributed by atoms with van der Waals surface area (Å²) in [6.45, 7) is 4.28. The molecule has 1 aromatic rings. The van der Waals surface area contributed by atoms with E-state index >= 15 is 0 Å². The van der Waals surface area contributed by atoms with Crippen LogP contribution in [-0.2, 0) is 14.3 Å². The molecular weight excluding hydrogens is 292 g/mol. The lowest BCUT2D eigenvalue weighted by molar-refractivity contribution is -0.117. The molecule has 0 aliphatic rings. The number of benzene rings is 1. The molecule has 0 fully saturated rings. The van der Waals surface area contributed by atoms with E-state index in [4.69, 9.17) is 26.8 Å². The average molecular weight is 315 g/mol. The number of ether oxygens (including phenoxy) is 2. The Hall–Kier alpha value is -1.30. The van der Waals surface area contributed by atoms with Gasteiger partial charge in [-0.05, 0) is 24.6 Å². The normalized spacial score (nSPS) is 10.6. The monoisotopic (exact) mass is 314 g/mol. The van der Waals surface area contributed by atoms with Crippen molar-refractivity contribution < 1.29 is 14.3 Å². The van der Waals surface area contributed by atoms with Crippen molar-refractivity contribution in [3.8, 4) is 0 Å². The molecule has 5 nitrogen and oxygen atoms in total. The van der Waals surface area contributed by atoms with Gasteiger partial charge in [0.1, 0.15) is 0 Å². The van der Waals surface area contributed by atoms with Gasteiger partial charge >= 0.3 is 0 Å². The molecule has 0 aromatic heterocycles. The highest BCUT2D eigenvalue weighted by atomic mass is 35.5. The molecule has 0 saturated heterocycles.